The van der Waals surface area contributed by atoms with Crippen molar-refractivity contribution in [3.63, 3.8) is 0 Å². The van der Waals surface area contributed by atoms with Crippen LogP contribution in [0.2, 0.25) is 0 Å². The highest BCUT2D eigenvalue weighted by Gasteiger charge is 2.42. The lowest BCUT2D eigenvalue weighted by Gasteiger charge is -2.48. The highest BCUT2D eigenvalue weighted by Crippen LogP contribution is 2.45. The van der Waals surface area contributed by atoms with Gasteiger partial charge in [-0.3, -0.25) is 9.29 Å². The molecule has 0 radical (unpaired) electrons. The van der Waals surface area contributed by atoms with Crippen LogP contribution >= 0.6 is 0 Å². The number of nitrogens with one attached hydrogen (secondary N) is 1. The van der Waals surface area contributed by atoms with Gasteiger partial charge in [0.15, 0.2) is 0 Å². The number of aliphatic carboxylic acids is 1. The van der Waals surface area contributed by atoms with Crippen molar-refractivity contribution in [3.8, 4) is 0 Å². The Kier molecular flexibility index (Phi) is 5.71. The van der Waals surface area contributed by atoms with Gasteiger partial charge >= 0.3 is 5.97 Å². The van der Waals surface area contributed by atoms with Crippen molar-refractivity contribution >= 4 is 22.9 Å². The Morgan fingerprint density at radius 3 is 2.65 bits per heavy atom. The Morgan fingerprint density at radius 2 is 1.97 bits per heavy atom. The molecule has 0 saturated carbocycles. The second kappa shape index (κ2) is 8.31. The second-order valence-electron chi connectivity index (χ2n) is 9.20. The number of halogens is 1. The van der Waals surface area contributed by atoms with Gasteiger partial charge in [0.05, 0.1) is 12.7 Å². The minimum Gasteiger partial charge on any atom is -0.478 e. The average molecular weight is 421 g/mol. The largest absolute Gasteiger partial charge is 0.478 e. The molecular weight excluding hydrogens is 391 g/mol. The number of hydrogen-bond acceptors (Lipinski definition) is 2. The predicted octanol–water partition coefficient (Wildman–Crippen LogP) is 5.60. The summed E-state index contributed by atoms with van der Waals surface area (Å²) >= 11 is 0. The molecule has 0 bridgehead atoms. The zero-order valence-electron chi connectivity index (χ0n) is 18.2. The quantitative estimate of drug-likeness (QED) is 0.511. The molecule has 1 aliphatic heterocycles. The smallest absolute Gasteiger partial charge is 0.328 e. The Morgan fingerprint density at radius 1 is 1.26 bits per heavy atom. The van der Waals surface area contributed by atoms with E-state index in [1.165, 1.54) is 16.6 Å². The van der Waals surface area contributed by atoms with Crippen LogP contribution in [0.4, 0.5) is 4.39 Å². The molecule has 4 nitrogen and oxygen atoms in total. The number of carboxylic acids is 1. The van der Waals surface area contributed by atoms with Crippen molar-refractivity contribution in [1.82, 2.24) is 9.88 Å². The van der Waals surface area contributed by atoms with E-state index in [0.717, 1.165) is 29.1 Å². The molecule has 0 spiro atoms. The van der Waals surface area contributed by atoms with Gasteiger partial charge in [-0.1, -0.05) is 49.4 Å². The summed E-state index contributed by atoms with van der Waals surface area (Å²) < 4.78 is 13.5. The van der Waals surface area contributed by atoms with E-state index in [9.17, 15) is 9.18 Å². The van der Waals surface area contributed by atoms with E-state index in [1.807, 2.05) is 25.1 Å². The third-order valence-electron chi connectivity index (χ3n) is 6.26. The molecule has 1 aliphatic rings. The summed E-state index contributed by atoms with van der Waals surface area (Å²) in [6.07, 6.45) is 3.62. The van der Waals surface area contributed by atoms with Crippen LogP contribution in [0.3, 0.4) is 0 Å². The molecule has 162 valence electrons. The summed E-state index contributed by atoms with van der Waals surface area (Å²) in [5, 5.41) is 10.1. The van der Waals surface area contributed by atoms with Crippen LogP contribution in [0.25, 0.3) is 17.0 Å². The molecular formula is C26H29FN2O2. The zero-order chi connectivity index (χ0) is 22.2. The summed E-state index contributed by atoms with van der Waals surface area (Å²) in [6, 6.07) is 16.3. The normalized spacial score (nSPS) is 19.5. The molecule has 0 saturated heterocycles. The molecule has 2 heterocycles. The minimum atomic E-state index is -0.966. The molecule has 3 aromatic rings. The molecule has 0 aliphatic carbocycles. The highest BCUT2D eigenvalue weighted by molar-refractivity contribution is 5.86. The van der Waals surface area contributed by atoms with Crippen molar-refractivity contribution in [1.29, 1.82) is 0 Å². The first-order valence-corrected chi connectivity index (χ1v) is 10.7. The lowest BCUT2D eigenvalue weighted by atomic mass is 9.80. The number of H-pyrrole nitrogens is 1. The Bertz CT molecular complexity index is 1110. The number of fused-ring (bicyclic) bond motifs is 3. The molecule has 2 N–H and O–H groups in total. The summed E-state index contributed by atoms with van der Waals surface area (Å²) in [5.41, 5.74) is 5.41. The SMILES string of the molecule is CC(CF)CN1[C@H](c2ccc(/C=C/C(=O)O)cc2)c2[nH]c3ccccc3c2CC1(C)C. The van der Waals surface area contributed by atoms with Gasteiger partial charge < -0.3 is 10.1 Å². The maximum Gasteiger partial charge on any atom is 0.328 e. The van der Waals surface area contributed by atoms with E-state index in [0.29, 0.717) is 6.54 Å². The second-order valence-corrected chi connectivity index (χ2v) is 9.20. The molecule has 0 fully saturated rings. The van der Waals surface area contributed by atoms with Crippen molar-refractivity contribution in [2.75, 3.05) is 13.2 Å². The number of para-hydroxylation sites is 1. The van der Waals surface area contributed by atoms with Gasteiger partial charge in [0.25, 0.3) is 0 Å². The van der Waals surface area contributed by atoms with E-state index in [-0.39, 0.29) is 24.2 Å². The van der Waals surface area contributed by atoms with E-state index in [2.05, 4.69) is 54.1 Å². The molecule has 31 heavy (non-hydrogen) atoms. The molecule has 0 amide bonds. The fourth-order valence-electron chi connectivity index (χ4n) is 4.72. The summed E-state index contributed by atoms with van der Waals surface area (Å²) in [4.78, 5) is 16.9. The van der Waals surface area contributed by atoms with Crippen LogP contribution in [0.15, 0.2) is 54.6 Å². The molecule has 5 heteroatoms. The van der Waals surface area contributed by atoms with Crippen molar-refractivity contribution in [2.24, 2.45) is 5.92 Å². The van der Waals surface area contributed by atoms with Gasteiger partial charge in [-0.2, -0.15) is 0 Å². The molecule has 4 rings (SSSR count). The summed E-state index contributed by atoms with van der Waals surface area (Å²) in [5.74, 6) is -1.03. The Balaban J connectivity index is 1.83. The zero-order valence-corrected chi connectivity index (χ0v) is 18.2. The van der Waals surface area contributed by atoms with Gasteiger partial charge in [-0.25, -0.2) is 4.79 Å². The monoisotopic (exact) mass is 420 g/mol. The predicted molar refractivity (Wildman–Crippen MR) is 123 cm³/mol. The molecule has 1 aromatic heterocycles. The van der Waals surface area contributed by atoms with Crippen LogP contribution < -0.4 is 0 Å². The van der Waals surface area contributed by atoms with Gasteiger partial charge in [0.2, 0.25) is 0 Å². The van der Waals surface area contributed by atoms with Crippen molar-refractivity contribution in [3.05, 3.63) is 77.0 Å². The van der Waals surface area contributed by atoms with Crippen LogP contribution in [0, 0.1) is 5.92 Å². The number of benzene rings is 2. The lowest BCUT2D eigenvalue weighted by Crippen LogP contribution is -2.53. The number of hydrogen-bond donors (Lipinski definition) is 2. The standard InChI is InChI=1S/C26H29FN2O2/c1-17(15-27)16-29-25(19-11-8-18(9-12-19)10-13-23(30)31)24-21(14-26(29,2)3)20-6-4-5-7-22(20)28-24/h4-13,17,25,28H,14-16H2,1-3H3,(H,30,31)/b13-10+/t17?,25-/m1/s1. The molecule has 2 aromatic carbocycles. The Hall–Kier alpha value is -2.92. The maximum absolute atomic E-state index is 13.5. The van der Waals surface area contributed by atoms with Gasteiger partial charge in [0.1, 0.15) is 0 Å². The van der Waals surface area contributed by atoms with Crippen molar-refractivity contribution < 1.29 is 14.3 Å². The van der Waals surface area contributed by atoms with Crippen LogP contribution in [-0.2, 0) is 11.2 Å². The topological polar surface area (TPSA) is 56.3 Å². The molecule has 2 atom stereocenters. The number of carbonyl (C=O) groups is 1. The third-order valence-corrected chi connectivity index (χ3v) is 6.26. The first-order valence-electron chi connectivity index (χ1n) is 10.7. The highest BCUT2D eigenvalue weighted by atomic mass is 19.1. The van der Waals surface area contributed by atoms with Gasteiger partial charge in [0, 0.05) is 34.8 Å². The van der Waals surface area contributed by atoms with E-state index >= 15 is 0 Å². The van der Waals surface area contributed by atoms with E-state index in [4.69, 9.17) is 5.11 Å². The number of carboxylic acid groups (broad SMARTS) is 1. The first kappa shape index (κ1) is 21.3. The summed E-state index contributed by atoms with van der Waals surface area (Å²) in [6.45, 7) is 6.73. The number of aromatic nitrogens is 1. The van der Waals surface area contributed by atoms with Gasteiger partial charge in [-0.05, 0) is 55.0 Å². The summed E-state index contributed by atoms with van der Waals surface area (Å²) in [7, 11) is 0. The first-order chi connectivity index (χ1) is 14.8. The van der Waals surface area contributed by atoms with Crippen LogP contribution in [0.1, 0.15) is 49.2 Å². The van der Waals surface area contributed by atoms with E-state index < -0.39 is 5.97 Å². The Labute approximate surface area is 182 Å². The third kappa shape index (κ3) is 4.15. The average Bonchev–Trinajstić information content (AvgIpc) is 3.10. The maximum atomic E-state index is 13.5. The fourth-order valence-corrected chi connectivity index (χ4v) is 4.72. The minimum absolute atomic E-state index is 0.0300. The number of nitrogens with zero attached hydrogens (tertiary/aromatic N) is 1. The number of alkyl halides is 1. The van der Waals surface area contributed by atoms with Crippen LogP contribution in [0.5, 0.6) is 0 Å². The number of rotatable bonds is 6. The van der Waals surface area contributed by atoms with E-state index in [1.54, 1.807) is 6.08 Å². The fraction of sp³-hybridized carbons (Fsp3) is 0.346. The van der Waals surface area contributed by atoms with Crippen molar-refractivity contribution in [2.45, 2.75) is 38.8 Å². The van der Waals surface area contributed by atoms with Gasteiger partial charge in [-0.15, -0.1) is 0 Å². The molecule has 1 unspecified atom stereocenters. The lowest BCUT2D eigenvalue weighted by molar-refractivity contribution is -0.131. The van der Waals surface area contributed by atoms with Crippen LogP contribution in [-0.4, -0.2) is 39.7 Å². The number of aromatic amines is 1.